The SMILES string of the molecule is CCn1c2ccccc2c2cc(N(c3ccccc3)c3ccc4c(c3)c3c(n4-c4ccccc4)C=CCC(C)=C3)ccc21. The standard InChI is InChI=1S/C40H33N3/c1-3-41-37-19-11-10-18-33(37)35-26-31(21-23-38(35)41)42(29-14-6-4-7-15-29)32-22-24-40-36(27-32)34-25-28(2)13-12-20-39(34)43(40)30-16-8-5-9-17-30/h4-12,14-27H,3,13H2,1-2H3. The molecule has 7 aromatic rings. The average molecular weight is 556 g/mol. The van der Waals surface area contributed by atoms with Crippen LogP contribution in [0.25, 0.3) is 50.5 Å². The van der Waals surface area contributed by atoms with Crippen molar-refractivity contribution in [2.24, 2.45) is 0 Å². The smallest absolute Gasteiger partial charge is 0.0542 e. The number of benzene rings is 5. The minimum absolute atomic E-state index is 0.938. The zero-order valence-electron chi connectivity index (χ0n) is 24.5. The third-order valence-electron chi connectivity index (χ3n) is 8.75. The van der Waals surface area contributed by atoms with Crippen molar-refractivity contribution in [3.63, 3.8) is 0 Å². The zero-order chi connectivity index (χ0) is 28.9. The molecule has 0 saturated carbocycles. The van der Waals surface area contributed by atoms with Gasteiger partial charge in [0, 0.05) is 62.0 Å². The number of anilines is 3. The number of fused-ring (bicyclic) bond motifs is 6. The lowest BCUT2D eigenvalue weighted by Crippen LogP contribution is -2.10. The fraction of sp³-hybridized carbons (Fsp3) is 0.100. The second-order valence-corrected chi connectivity index (χ2v) is 11.4. The zero-order valence-corrected chi connectivity index (χ0v) is 24.5. The maximum absolute atomic E-state index is 2.41. The minimum atomic E-state index is 0.938. The molecule has 8 rings (SSSR count). The Labute approximate surface area is 252 Å². The first kappa shape index (κ1) is 25.4. The molecule has 0 radical (unpaired) electrons. The average Bonchev–Trinajstić information content (AvgIpc) is 3.45. The summed E-state index contributed by atoms with van der Waals surface area (Å²) >= 11 is 0. The van der Waals surface area contributed by atoms with Crippen molar-refractivity contribution in [3.8, 4) is 5.69 Å². The predicted octanol–water partition coefficient (Wildman–Crippen LogP) is 11.0. The van der Waals surface area contributed by atoms with Gasteiger partial charge in [-0.15, -0.1) is 0 Å². The monoisotopic (exact) mass is 555 g/mol. The van der Waals surface area contributed by atoms with Gasteiger partial charge in [0.25, 0.3) is 0 Å². The molecule has 1 aliphatic rings. The van der Waals surface area contributed by atoms with Gasteiger partial charge in [-0.3, -0.25) is 0 Å². The largest absolute Gasteiger partial charge is 0.341 e. The fourth-order valence-corrected chi connectivity index (χ4v) is 6.84. The first-order valence-corrected chi connectivity index (χ1v) is 15.1. The quantitative estimate of drug-likeness (QED) is 0.206. The highest BCUT2D eigenvalue weighted by Crippen LogP contribution is 2.42. The number of para-hydroxylation sites is 3. The molecule has 0 spiro atoms. The molecule has 0 unspecified atom stereocenters. The Balaban J connectivity index is 1.38. The second-order valence-electron chi connectivity index (χ2n) is 11.4. The van der Waals surface area contributed by atoms with Gasteiger partial charge in [-0.2, -0.15) is 0 Å². The number of nitrogens with zero attached hydrogens (tertiary/aromatic N) is 3. The Hall–Kier alpha value is -5.28. The van der Waals surface area contributed by atoms with Gasteiger partial charge in [-0.25, -0.2) is 0 Å². The molecule has 0 saturated heterocycles. The summed E-state index contributed by atoms with van der Waals surface area (Å²) in [7, 11) is 0. The van der Waals surface area contributed by atoms with Crippen LogP contribution in [0.1, 0.15) is 31.5 Å². The van der Waals surface area contributed by atoms with Crippen molar-refractivity contribution < 1.29 is 0 Å². The molecule has 43 heavy (non-hydrogen) atoms. The van der Waals surface area contributed by atoms with Gasteiger partial charge in [0.2, 0.25) is 0 Å². The van der Waals surface area contributed by atoms with Crippen LogP contribution in [-0.2, 0) is 6.54 Å². The molecule has 0 aliphatic heterocycles. The van der Waals surface area contributed by atoms with E-state index < -0.39 is 0 Å². The molecule has 2 aromatic heterocycles. The maximum Gasteiger partial charge on any atom is 0.0542 e. The van der Waals surface area contributed by atoms with Crippen molar-refractivity contribution in [2.45, 2.75) is 26.8 Å². The lowest BCUT2D eigenvalue weighted by Gasteiger charge is -2.26. The molecular formula is C40H33N3. The van der Waals surface area contributed by atoms with E-state index in [2.05, 4.69) is 167 Å². The fourth-order valence-electron chi connectivity index (χ4n) is 6.84. The Bertz CT molecular complexity index is 2190. The van der Waals surface area contributed by atoms with Gasteiger partial charge >= 0.3 is 0 Å². The number of rotatable bonds is 5. The molecule has 0 amide bonds. The lowest BCUT2D eigenvalue weighted by molar-refractivity contribution is 0.827. The molecule has 2 heterocycles. The van der Waals surface area contributed by atoms with E-state index in [9.17, 15) is 0 Å². The first-order chi connectivity index (χ1) is 21.2. The second kappa shape index (κ2) is 10.2. The predicted molar refractivity (Wildman–Crippen MR) is 184 cm³/mol. The van der Waals surface area contributed by atoms with E-state index >= 15 is 0 Å². The van der Waals surface area contributed by atoms with E-state index in [0.29, 0.717) is 0 Å². The Morgan fingerprint density at radius 3 is 2.05 bits per heavy atom. The van der Waals surface area contributed by atoms with E-state index in [1.54, 1.807) is 0 Å². The summed E-state index contributed by atoms with van der Waals surface area (Å²) in [6.45, 7) is 5.39. The van der Waals surface area contributed by atoms with Crippen LogP contribution >= 0.6 is 0 Å². The number of aryl methyl sites for hydroxylation is 1. The van der Waals surface area contributed by atoms with Gasteiger partial charge in [0.1, 0.15) is 0 Å². The first-order valence-electron chi connectivity index (χ1n) is 15.1. The van der Waals surface area contributed by atoms with Gasteiger partial charge < -0.3 is 14.0 Å². The summed E-state index contributed by atoms with van der Waals surface area (Å²) in [4.78, 5) is 2.40. The summed E-state index contributed by atoms with van der Waals surface area (Å²) in [5.74, 6) is 0. The summed E-state index contributed by atoms with van der Waals surface area (Å²) in [5, 5.41) is 3.83. The highest BCUT2D eigenvalue weighted by molar-refractivity contribution is 6.09. The van der Waals surface area contributed by atoms with E-state index in [0.717, 1.165) is 30.0 Å². The van der Waals surface area contributed by atoms with Crippen molar-refractivity contribution in [3.05, 3.63) is 144 Å². The molecular weight excluding hydrogens is 522 g/mol. The third kappa shape index (κ3) is 4.11. The van der Waals surface area contributed by atoms with Crippen molar-refractivity contribution >= 4 is 61.9 Å². The lowest BCUT2D eigenvalue weighted by atomic mass is 10.1. The normalized spacial score (nSPS) is 12.9. The molecule has 3 nitrogen and oxygen atoms in total. The van der Waals surface area contributed by atoms with Gasteiger partial charge in [0.05, 0.1) is 11.2 Å². The number of aromatic nitrogens is 2. The van der Waals surface area contributed by atoms with Crippen LogP contribution in [0.5, 0.6) is 0 Å². The minimum Gasteiger partial charge on any atom is -0.341 e. The van der Waals surface area contributed by atoms with Gasteiger partial charge in [-0.05, 0) is 93.1 Å². The van der Waals surface area contributed by atoms with Crippen LogP contribution in [-0.4, -0.2) is 9.13 Å². The summed E-state index contributed by atoms with van der Waals surface area (Å²) in [5.41, 5.74) is 12.3. The number of allylic oxidation sites excluding steroid dienone is 2. The number of hydrogen-bond acceptors (Lipinski definition) is 1. The van der Waals surface area contributed by atoms with Crippen molar-refractivity contribution in [1.29, 1.82) is 0 Å². The molecule has 3 heteroatoms. The summed E-state index contributed by atoms with van der Waals surface area (Å²) < 4.78 is 4.82. The number of hydrogen-bond donors (Lipinski definition) is 0. The van der Waals surface area contributed by atoms with E-state index in [1.807, 2.05) is 0 Å². The van der Waals surface area contributed by atoms with E-state index in [1.165, 1.54) is 55.2 Å². The Morgan fingerprint density at radius 1 is 0.628 bits per heavy atom. The highest BCUT2D eigenvalue weighted by atomic mass is 15.1. The van der Waals surface area contributed by atoms with Crippen LogP contribution in [0.15, 0.2) is 133 Å². The Morgan fingerprint density at radius 2 is 1.28 bits per heavy atom. The molecule has 5 aromatic carbocycles. The maximum atomic E-state index is 2.41. The molecule has 208 valence electrons. The van der Waals surface area contributed by atoms with Crippen molar-refractivity contribution in [1.82, 2.24) is 9.13 Å². The van der Waals surface area contributed by atoms with Crippen LogP contribution in [0.3, 0.4) is 0 Å². The van der Waals surface area contributed by atoms with Crippen LogP contribution < -0.4 is 4.90 Å². The topological polar surface area (TPSA) is 13.1 Å². The highest BCUT2D eigenvalue weighted by Gasteiger charge is 2.21. The third-order valence-corrected chi connectivity index (χ3v) is 8.75. The molecule has 0 atom stereocenters. The molecule has 1 aliphatic carbocycles. The van der Waals surface area contributed by atoms with E-state index in [4.69, 9.17) is 0 Å². The Kier molecular flexibility index (Phi) is 6.04. The molecule has 0 N–H and O–H groups in total. The van der Waals surface area contributed by atoms with E-state index in [-0.39, 0.29) is 0 Å². The van der Waals surface area contributed by atoms with Crippen LogP contribution in [0, 0.1) is 0 Å². The van der Waals surface area contributed by atoms with Crippen molar-refractivity contribution in [2.75, 3.05) is 4.90 Å². The molecule has 0 fully saturated rings. The summed E-state index contributed by atoms with van der Waals surface area (Å²) in [6.07, 6.45) is 7.92. The summed E-state index contributed by atoms with van der Waals surface area (Å²) in [6, 6.07) is 44.1. The van der Waals surface area contributed by atoms with Gasteiger partial charge in [0.15, 0.2) is 0 Å². The van der Waals surface area contributed by atoms with Gasteiger partial charge in [-0.1, -0.05) is 72.3 Å². The molecule has 0 bridgehead atoms. The van der Waals surface area contributed by atoms with Crippen LogP contribution in [0.4, 0.5) is 17.1 Å². The van der Waals surface area contributed by atoms with Crippen LogP contribution in [0.2, 0.25) is 0 Å².